The predicted molar refractivity (Wildman–Crippen MR) is 67.8 cm³/mol. The van der Waals surface area contributed by atoms with E-state index in [1.54, 1.807) is 0 Å². The zero-order chi connectivity index (χ0) is 11.3. The summed E-state index contributed by atoms with van der Waals surface area (Å²) < 4.78 is 0. The second-order valence-electron chi connectivity index (χ2n) is 5.30. The zero-order valence-electron chi connectivity index (χ0n) is 10.5. The first-order valence-corrected chi connectivity index (χ1v) is 6.56. The first kappa shape index (κ1) is 12.8. The lowest BCUT2D eigenvalue weighted by molar-refractivity contribution is 0.243. The van der Waals surface area contributed by atoms with Crippen LogP contribution in [0.1, 0.15) is 58.8 Å². The Balaban J connectivity index is 2.26. The van der Waals surface area contributed by atoms with Crippen molar-refractivity contribution in [2.24, 2.45) is 17.6 Å². The molecular weight excluding hydrogens is 182 g/mol. The van der Waals surface area contributed by atoms with Gasteiger partial charge in [0, 0.05) is 6.04 Å². The van der Waals surface area contributed by atoms with E-state index in [1.165, 1.54) is 44.9 Å². The van der Waals surface area contributed by atoms with Gasteiger partial charge in [0.05, 0.1) is 0 Å². The third-order valence-corrected chi connectivity index (χ3v) is 3.93. The van der Waals surface area contributed by atoms with Crippen molar-refractivity contribution in [1.82, 2.24) is 0 Å². The molecule has 1 rings (SSSR count). The summed E-state index contributed by atoms with van der Waals surface area (Å²) in [5, 5.41) is 0. The van der Waals surface area contributed by atoms with E-state index < -0.39 is 0 Å². The smallest absolute Gasteiger partial charge is 0.0276 e. The highest BCUT2D eigenvalue weighted by Crippen LogP contribution is 2.34. The average molecular weight is 209 g/mol. The third kappa shape index (κ3) is 3.98. The normalized spacial score (nSPS) is 28.7. The van der Waals surface area contributed by atoms with Gasteiger partial charge in [0.25, 0.3) is 0 Å². The first-order chi connectivity index (χ1) is 7.15. The molecule has 1 nitrogen and oxygen atoms in total. The van der Waals surface area contributed by atoms with Gasteiger partial charge in [0.2, 0.25) is 0 Å². The molecule has 1 heteroatoms. The van der Waals surface area contributed by atoms with Crippen molar-refractivity contribution in [1.29, 1.82) is 0 Å². The van der Waals surface area contributed by atoms with Gasteiger partial charge in [-0.1, -0.05) is 51.2 Å². The fraction of sp³-hybridized carbons (Fsp3) is 0.857. The van der Waals surface area contributed by atoms with Crippen LogP contribution in [0.5, 0.6) is 0 Å². The number of hydrogen-bond acceptors (Lipinski definition) is 1. The summed E-state index contributed by atoms with van der Waals surface area (Å²) >= 11 is 0. The molecule has 1 saturated carbocycles. The Labute approximate surface area is 95.1 Å². The van der Waals surface area contributed by atoms with Crippen LogP contribution in [0.2, 0.25) is 0 Å². The average Bonchev–Trinajstić information content (AvgIpc) is 2.26. The van der Waals surface area contributed by atoms with Gasteiger partial charge in [-0.2, -0.15) is 0 Å². The monoisotopic (exact) mass is 209 g/mol. The van der Waals surface area contributed by atoms with E-state index in [-0.39, 0.29) is 6.04 Å². The summed E-state index contributed by atoms with van der Waals surface area (Å²) in [5.74, 6) is 1.69. The molecule has 1 aliphatic carbocycles. The van der Waals surface area contributed by atoms with Crippen molar-refractivity contribution in [3.8, 4) is 0 Å². The molecule has 2 N–H and O–H groups in total. The summed E-state index contributed by atoms with van der Waals surface area (Å²) in [7, 11) is 0. The maximum absolute atomic E-state index is 6.14. The standard InChI is InChI=1S/C14H27N/c1-4-5-6-12-7-9-13(10-8-12)14(15)11(2)3/h12-14H,2,4-10,15H2,1,3H3. The van der Waals surface area contributed by atoms with Crippen LogP contribution in [0.3, 0.4) is 0 Å². The molecule has 1 atom stereocenters. The van der Waals surface area contributed by atoms with Crippen LogP contribution in [0.4, 0.5) is 0 Å². The molecule has 0 heterocycles. The number of nitrogens with two attached hydrogens (primary N) is 1. The molecule has 15 heavy (non-hydrogen) atoms. The van der Waals surface area contributed by atoms with E-state index in [0.717, 1.165) is 11.5 Å². The Morgan fingerprint density at radius 1 is 1.33 bits per heavy atom. The molecule has 0 spiro atoms. The zero-order valence-corrected chi connectivity index (χ0v) is 10.5. The molecule has 0 aromatic carbocycles. The molecule has 88 valence electrons. The van der Waals surface area contributed by atoms with Gasteiger partial charge in [-0.05, 0) is 31.6 Å². The fourth-order valence-corrected chi connectivity index (χ4v) is 2.73. The van der Waals surface area contributed by atoms with Gasteiger partial charge in [0.15, 0.2) is 0 Å². The lowest BCUT2D eigenvalue weighted by atomic mass is 9.76. The summed E-state index contributed by atoms with van der Waals surface area (Å²) in [6.45, 7) is 8.32. The highest BCUT2D eigenvalue weighted by Gasteiger charge is 2.25. The Kier molecular flexibility index (Phi) is 5.38. The Morgan fingerprint density at radius 3 is 2.40 bits per heavy atom. The molecule has 0 aromatic heterocycles. The lowest BCUT2D eigenvalue weighted by Crippen LogP contribution is -2.33. The minimum absolute atomic E-state index is 0.247. The molecule has 0 radical (unpaired) electrons. The topological polar surface area (TPSA) is 26.0 Å². The minimum atomic E-state index is 0.247. The third-order valence-electron chi connectivity index (χ3n) is 3.93. The van der Waals surface area contributed by atoms with Crippen LogP contribution in [0, 0.1) is 11.8 Å². The van der Waals surface area contributed by atoms with E-state index in [4.69, 9.17) is 5.73 Å². The van der Waals surface area contributed by atoms with Gasteiger partial charge in [-0.15, -0.1) is 0 Å². The molecule has 0 aliphatic heterocycles. The number of unbranched alkanes of at least 4 members (excludes halogenated alkanes) is 1. The van der Waals surface area contributed by atoms with Crippen molar-refractivity contribution in [2.45, 2.75) is 64.8 Å². The number of hydrogen-bond donors (Lipinski definition) is 1. The minimum Gasteiger partial charge on any atom is -0.324 e. The molecule has 0 bridgehead atoms. The lowest BCUT2D eigenvalue weighted by Gasteiger charge is -2.32. The predicted octanol–water partition coefficient (Wildman–Crippen LogP) is 3.89. The van der Waals surface area contributed by atoms with Crippen LogP contribution in [-0.4, -0.2) is 6.04 Å². The van der Waals surface area contributed by atoms with E-state index in [9.17, 15) is 0 Å². The highest BCUT2D eigenvalue weighted by atomic mass is 14.7. The van der Waals surface area contributed by atoms with E-state index in [1.807, 2.05) is 0 Å². The molecular formula is C14H27N. The molecule has 1 aliphatic rings. The largest absolute Gasteiger partial charge is 0.324 e. The van der Waals surface area contributed by atoms with Crippen molar-refractivity contribution in [3.63, 3.8) is 0 Å². The van der Waals surface area contributed by atoms with Gasteiger partial charge in [0.1, 0.15) is 0 Å². The summed E-state index contributed by atoms with van der Waals surface area (Å²) in [4.78, 5) is 0. The number of rotatable bonds is 5. The fourth-order valence-electron chi connectivity index (χ4n) is 2.73. The van der Waals surface area contributed by atoms with E-state index in [0.29, 0.717) is 5.92 Å². The quantitative estimate of drug-likeness (QED) is 0.683. The van der Waals surface area contributed by atoms with E-state index in [2.05, 4.69) is 20.4 Å². The summed E-state index contributed by atoms with van der Waals surface area (Å²) in [5.41, 5.74) is 7.30. The first-order valence-electron chi connectivity index (χ1n) is 6.56. The molecule has 0 amide bonds. The van der Waals surface area contributed by atoms with Crippen LogP contribution in [0.25, 0.3) is 0 Å². The van der Waals surface area contributed by atoms with E-state index >= 15 is 0 Å². The van der Waals surface area contributed by atoms with Gasteiger partial charge < -0.3 is 5.73 Å². The SMILES string of the molecule is C=C(C)C(N)C1CCC(CCCC)CC1. The molecule has 0 aromatic rings. The second kappa shape index (κ2) is 6.32. The summed E-state index contributed by atoms with van der Waals surface area (Å²) in [6.07, 6.45) is 9.61. The van der Waals surface area contributed by atoms with Crippen LogP contribution in [-0.2, 0) is 0 Å². The van der Waals surface area contributed by atoms with Gasteiger partial charge in [-0.25, -0.2) is 0 Å². The molecule has 1 fully saturated rings. The van der Waals surface area contributed by atoms with Crippen molar-refractivity contribution in [3.05, 3.63) is 12.2 Å². The highest BCUT2D eigenvalue weighted by molar-refractivity contribution is 5.03. The van der Waals surface area contributed by atoms with Gasteiger partial charge in [-0.3, -0.25) is 0 Å². The maximum atomic E-state index is 6.14. The van der Waals surface area contributed by atoms with Crippen LogP contribution < -0.4 is 5.73 Å². The summed E-state index contributed by atoms with van der Waals surface area (Å²) in [6, 6.07) is 0.247. The Hall–Kier alpha value is -0.300. The van der Waals surface area contributed by atoms with Gasteiger partial charge >= 0.3 is 0 Å². The Bertz CT molecular complexity index is 190. The maximum Gasteiger partial charge on any atom is 0.0276 e. The Morgan fingerprint density at radius 2 is 1.93 bits per heavy atom. The van der Waals surface area contributed by atoms with Crippen molar-refractivity contribution < 1.29 is 0 Å². The van der Waals surface area contributed by atoms with Crippen LogP contribution >= 0.6 is 0 Å². The molecule has 1 unspecified atom stereocenters. The van der Waals surface area contributed by atoms with Crippen molar-refractivity contribution in [2.75, 3.05) is 0 Å². The molecule has 0 saturated heterocycles. The second-order valence-corrected chi connectivity index (χ2v) is 5.30. The van der Waals surface area contributed by atoms with Crippen LogP contribution in [0.15, 0.2) is 12.2 Å². The van der Waals surface area contributed by atoms with Crippen molar-refractivity contribution >= 4 is 0 Å².